The van der Waals surface area contributed by atoms with Gasteiger partial charge in [-0.3, -0.25) is 0 Å². The normalized spacial score (nSPS) is 16.8. The van der Waals surface area contributed by atoms with E-state index in [1.54, 1.807) is 11.8 Å². The number of carboxylic acids is 1. The second kappa shape index (κ2) is 12.2. The molecule has 3 heterocycles. The lowest BCUT2D eigenvalue weighted by molar-refractivity contribution is -0.192. The van der Waals surface area contributed by atoms with E-state index in [2.05, 4.69) is 49.1 Å². The number of aromatic nitrogens is 1. The number of halogens is 3. The van der Waals surface area contributed by atoms with Crippen LogP contribution in [0.15, 0.2) is 35.4 Å². The van der Waals surface area contributed by atoms with Crippen molar-refractivity contribution in [3.8, 4) is 6.07 Å². The molecule has 0 bridgehead atoms. The lowest BCUT2D eigenvalue weighted by atomic mass is 9.89. The topological polar surface area (TPSA) is 86.5 Å². The summed E-state index contributed by atoms with van der Waals surface area (Å²) >= 11 is 3.71. The predicted molar refractivity (Wildman–Crippen MR) is 136 cm³/mol. The number of alkyl halides is 3. The molecular formula is C25H28F3N3O3S2. The first-order chi connectivity index (χ1) is 17.0. The van der Waals surface area contributed by atoms with Crippen molar-refractivity contribution >= 4 is 35.3 Å². The molecule has 11 heteroatoms. The van der Waals surface area contributed by atoms with Crippen LogP contribution < -0.4 is 4.90 Å². The summed E-state index contributed by atoms with van der Waals surface area (Å²) in [6.07, 6.45) is -3.35. The van der Waals surface area contributed by atoms with Gasteiger partial charge in [0.2, 0.25) is 0 Å². The highest BCUT2D eigenvalue weighted by Crippen LogP contribution is 2.39. The molecule has 2 aliphatic heterocycles. The number of hydrogen-bond acceptors (Lipinski definition) is 7. The Balaban J connectivity index is 0.000000454. The summed E-state index contributed by atoms with van der Waals surface area (Å²) in [6, 6.07) is 13.0. The maximum Gasteiger partial charge on any atom is 0.490 e. The summed E-state index contributed by atoms with van der Waals surface area (Å²) in [6.45, 7) is 6.77. The van der Waals surface area contributed by atoms with Gasteiger partial charge in [0.25, 0.3) is 0 Å². The van der Waals surface area contributed by atoms with E-state index in [0.29, 0.717) is 6.61 Å². The summed E-state index contributed by atoms with van der Waals surface area (Å²) in [5, 5.41) is 18.0. The molecule has 0 unspecified atom stereocenters. The van der Waals surface area contributed by atoms with Crippen LogP contribution in [0.2, 0.25) is 0 Å². The number of hydrogen-bond donors (Lipinski definition) is 1. The summed E-state index contributed by atoms with van der Waals surface area (Å²) in [4.78, 5) is 16.3. The van der Waals surface area contributed by atoms with Crippen molar-refractivity contribution in [2.75, 3.05) is 35.2 Å². The van der Waals surface area contributed by atoms with E-state index in [1.807, 2.05) is 17.8 Å². The van der Waals surface area contributed by atoms with Crippen LogP contribution in [-0.4, -0.2) is 58.2 Å². The fourth-order valence-electron chi connectivity index (χ4n) is 3.89. The van der Waals surface area contributed by atoms with Crippen molar-refractivity contribution in [2.45, 2.75) is 50.1 Å². The van der Waals surface area contributed by atoms with Gasteiger partial charge in [0.15, 0.2) is 0 Å². The third-order valence-corrected chi connectivity index (χ3v) is 7.62. The summed E-state index contributed by atoms with van der Waals surface area (Å²) in [5.41, 5.74) is 4.10. The molecule has 4 rings (SSSR count). The Morgan fingerprint density at radius 3 is 2.47 bits per heavy atom. The Labute approximate surface area is 217 Å². The maximum absolute atomic E-state index is 10.6. The first kappa shape index (κ1) is 28.2. The van der Waals surface area contributed by atoms with E-state index in [9.17, 15) is 18.4 Å². The molecule has 1 N–H and O–H groups in total. The zero-order valence-electron chi connectivity index (χ0n) is 20.1. The molecule has 2 aromatic rings. The number of nitrogens with zero attached hydrogens (tertiary/aromatic N) is 3. The van der Waals surface area contributed by atoms with Gasteiger partial charge in [0, 0.05) is 42.3 Å². The van der Waals surface area contributed by atoms with Crippen LogP contribution in [0, 0.1) is 11.3 Å². The van der Waals surface area contributed by atoms with E-state index >= 15 is 0 Å². The molecule has 0 amide bonds. The van der Waals surface area contributed by atoms with Crippen LogP contribution in [0.4, 0.5) is 19.0 Å². The Bertz CT molecular complexity index is 1100. The fourth-order valence-corrected chi connectivity index (χ4v) is 5.79. The number of thioether (sulfide) groups is 2. The summed E-state index contributed by atoms with van der Waals surface area (Å²) in [7, 11) is 0. The van der Waals surface area contributed by atoms with Crippen molar-refractivity contribution in [3.05, 3.63) is 52.6 Å². The van der Waals surface area contributed by atoms with Crippen molar-refractivity contribution in [1.82, 2.24) is 4.98 Å². The van der Waals surface area contributed by atoms with E-state index in [1.165, 1.54) is 5.56 Å². The molecular weight excluding hydrogens is 511 g/mol. The minimum atomic E-state index is -5.08. The second-order valence-electron chi connectivity index (χ2n) is 8.90. The third kappa shape index (κ3) is 7.54. The van der Waals surface area contributed by atoms with Crippen LogP contribution in [0.5, 0.6) is 0 Å². The van der Waals surface area contributed by atoms with Crippen LogP contribution in [0.25, 0.3) is 0 Å². The van der Waals surface area contributed by atoms with Gasteiger partial charge in [0.1, 0.15) is 16.9 Å². The van der Waals surface area contributed by atoms with E-state index in [0.717, 1.165) is 70.7 Å². The van der Waals surface area contributed by atoms with Gasteiger partial charge < -0.3 is 14.7 Å². The molecule has 36 heavy (non-hydrogen) atoms. The molecule has 2 aliphatic rings. The van der Waals surface area contributed by atoms with Crippen LogP contribution in [0.3, 0.4) is 0 Å². The molecule has 1 aromatic carbocycles. The number of anilines is 1. The monoisotopic (exact) mass is 539 g/mol. The number of carbonyl (C=O) groups is 1. The first-order valence-corrected chi connectivity index (χ1v) is 13.5. The van der Waals surface area contributed by atoms with Gasteiger partial charge >= 0.3 is 12.1 Å². The number of fused-ring (bicyclic) bond motifs is 1. The Morgan fingerprint density at radius 2 is 1.89 bits per heavy atom. The number of ether oxygens (including phenoxy) is 1. The van der Waals surface area contributed by atoms with Gasteiger partial charge in [0.05, 0.1) is 17.8 Å². The van der Waals surface area contributed by atoms with Crippen molar-refractivity contribution < 1.29 is 27.8 Å². The first-order valence-electron chi connectivity index (χ1n) is 11.4. The molecule has 0 spiro atoms. The number of carboxylic acid groups (broad SMARTS) is 1. The molecule has 0 aliphatic carbocycles. The third-order valence-electron chi connectivity index (χ3n) is 5.70. The van der Waals surface area contributed by atoms with Crippen LogP contribution in [0.1, 0.15) is 36.1 Å². The number of benzene rings is 1. The smallest absolute Gasteiger partial charge is 0.475 e. The number of rotatable bonds is 5. The van der Waals surface area contributed by atoms with Crippen LogP contribution in [-0.2, 0) is 29.0 Å². The number of aliphatic carboxylic acids is 1. The minimum Gasteiger partial charge on any atom is -0.475 e. The Hall–Kier alpha value is -2.42. The molecule has 1 aromatic heterocycles. The fraction of sp³-hybridized carbons (Fsp3) is 0.480. The van der Waals surface area contributed by atoms with Crippen LogP contribution >= 0.6 is 23.5 Å². The molecule has 194 valence electrons. The average Bonchev–Trinajstić information content (AvgIpc) is 2.84. The summed E-state index contributed by atoms with van der Waals surface area (Å²) < 4.78 is 37.8. The van der Waals surface area contributed by atoms with E-state index in [4.69, 9.17) is 19.6 Å². The highest BCUT2D eigenvalue weighted by molar-refractivity contribution is 7.99. The highest BCUT2D eigenvalue weighted by Gasteiger charge is 2.38. The number of nitriles is 1. The van der Waals surface area contributed by atoms with Gasteiger partial charge in [-0.15, -0.1) is 11.8 Å². The standard InChI is InChI=1S/C23H27N3OS2.C2HF3O2/c1-23(2)14-18-19(15-24)22(29-11-8-17-6-4-3-5-7-17)25-21(20(18)16-27-23)26-9-12-28-13-10-26;3-2(4,5)1(6)7/h3-7H,8-14,16H2,1-2H3;(H,6,7). The second-order valence-corrected chi connectivity index (χ2v) is 11.2. The molecule has 6 nitrogen and oxygen atoms in total. The average molecular weight is 540 g/mol. The quantitative estimate of drug-likeness (QED) is 0.511. The molecule has 0 radical (unpaired) electrons. The largest absolute Gasteiger partial charge is 0.490 e. The van der Waals surface area contributed by atoms with Gasteiger partial charge in [-0.2, -0.15) is 30.2 Å². The SMILES string of the molecule is CC1(C)Cc2c(C#N)c(SCCc3ccccc3)nc(N3CCSCC3)c2CO1.O=C(O)C(F)(F)F. The predicted octanol–water partition coefficient (Wildman–Crippen LogP) is 5.33. The number of pyridine rings is 1. The van der Waals surface area contributed by atoms with E-state index in [-0.39, 0.29) is 5.60 Å². The van der Waals surface area contributed by atoms with Gasteiger partial charge in [-0.25, -0.2) is 9.78 Å². The zero-order valence-corrected chi connectivity index (χ0v) is 21.7. The molecule has 0 atom stereocenters. The number of aryl methyl sites for hydroxylation is 1. The molecule has 1 fully saturated rings. The zero-order chi connectivity index (χ0) is 26.3. The molecule has 0 saturated carbocycles. The van der Waals surface area contributed by atoms with Crippen molar-refractivity contribution in [2.24, 2.45) is 0 Å². The van der Waals surface area contributed by atoms with Gasteiger partial charge in [-0.1, -0.05) is 30.3 Å². The highest BCUT2D eigenvalue weighted by atomic mass is 32.2. The Kier molecular flexibility index (Phi) is 9.55. The van der Waals surface area contributed by atoms with E-state index < -0.39 is 12.1 Å². The van der Waals surface area contributed by atoms with Crippen molar-refractivity contribution in [1.29, 1.82) is 5.26 Å². The Morgan fingerprint density at radius 1 is 1.25 bits per heavy atom. The lowest BCUT2D eigenvalue weighted by Gasteiger charge is -2.36. The molecule has 1 saturated heterocycles. The maximum atomic E-state index is 10.6. The summed E-state index contributed by atoms with van der Waals surface area (Å²) in [5.74, 6) is 1.45. The minimum absolute atomic E-state index is 0.249. The van der Waals surface area contributed by atoms with Crippen molar-refractivity contribution in [3.63, 3.8) is 0 Å². The van der Waals surface area contributed by atoms with Gasteiger partial charge in [-0.05, 0) is 31.4 Å². The lowest BCUT2D eigenvalue weighted by Crippen LogP contribution is -2.38.